The fraction of sp³-hybridized carbons (Fsp3) is 0.588. The van der Waals surface area contributed by atoms with E-state index in [0.717, 1.165) is 5.56 Å². The Bertz CT molecular complexity index is 555. The molecule has 0 heterocycles. The van der Waals surface area contributed by atoms with Gasteiger partial charge in [0.1, 0.15) is 0 Å². The Hall–Kier alpha value is -1.95. The second-order valence-corrected chi connectivity index (χ2v) is 6.88. The van der Waals surface area contributed by atoms with Crippen LogP contribution in [0.1, 0.15) is 39.7 Å². The van der Waals surface area contributed by atoms with Crippen LogP contribution in [-0.2, 0) is 11.2 Å². The number of aryl methyl sites for hydroxylation is 1. The van der Waals surface area contributed by atoms with Crippen LogP contribution in [0.5, 0.6) is 0 Å². The molecule has 2 N–H and O–H groups in total. The van der Waals surface area contributed by atoms with Gasteiger partial charge in [-0.05, 0) is 17.9 Å². The van der Waals surface area contributed by atoms with E-state index in [-0.39, 0.29) is 23.9 Å². The van der Waals surface area contributed by atoms with Gasteiger partial charge in [-0.1, -0.05) is 39.8 Å². The Morgan fingerprint density at radius 3 is 2.61 bits per heavy atom. The van der Waals surface area contributed by atoms with Crippen LogP contribution < -0.4 is 5.32 Å². The lowest BCUT2D eigenvalue weighted by Gasteiger charge is -2.33. The van der Waals surface area contributed by atoms with E-state index >= 15 is 0 Å². The Kier molecular flexibility index (Phi) is 6.69. The van der Waals surface area contributed by atoms with Gasteiger partial charge in [-0.25, -0.2) is 0 Å². The summed E-state index contributed by atoms with van der Waals surface area (Å²) in [6.45, 7) is 8.10. The second-order valence-electron chi connectivity index (χ2n) is 6.88. The molecular weight excluding hydrogens is 296 g/mol. The quantitative estimate of drug-likeness (QED) is 0.568. The van der Waals surface area contributed by atoms with E-state index in [1.54, 1.807) is 12.1 Å². The van der Waals surface area contributed by atoms with Crippen LogP contribution in [0.25, 0.3) is 0 Å². The van der Waals surface area contributed by atoms with Crippen molar-refractivity contribution in [3.8, 4) is 0 Å². The topological polar surface area (TPSA) is 92.5 Å². The van der Waals surface area contributed by atoms with Crippen LogP contribution in [0.3, 0.4) is 0 Å². The summed E-state index contributed by atoms with van der Waals surface area (Å²) in [7, 11) is 0. The van der Waals surface area contributed by atoms with Gasteiger partial charge >= 0.3 is 0 Å². The summed E-state index contributed by atoms with van der Waals surface area (Å²) in [5.74, 6) is -0.00712. The highest BCUT2D eigenvalue weighted by Crippen LogP contribution is 2.25. The lowest BCUT2D eigenvalue weighted by atomic mass is 9.80. The number of hydrogen-bond acceptors (Lipinski definition) is 4. The number of carbonyl (C=O) groups excluding carboxylic acids is 1. The number of non-ortho nitro benzene ring substituents is 1. The summed E-state index contributed by atoms with van der Waals surface area (Å²) in [4.78, 5) is 22.2. The Labute approximate surface area is 137 Å². The van der Waals surface area contributed by atoms with Crippen molar-refractivity contribution >= 4 is 11.6 Å². The minimum Gasteiger partial charge on any atom is -0.392 e. The van der Waals surface area contributed by atoms with Crippen molar-refractivity contribution in [3.05, 3.63) is 39.9 Å². The van der Waals surface area contributed by atoms with Gasteiger partial charge in [0, 0.05) is 30.5 Å². The molecule has 1 rings (SSSR count). The van der Waals surface area contributed by atoms with Crippen molar-refractivity contribution in [2.75, 3.05) is 6.54 Å². The summed E-state index contributed by atoms with van der Waals surface area (Å²) in [5, 5.41) is 23.7. The monoisotopic (exact) mass is 322 g/mol. The number of amides is 1. The average molecular weight is 322 g/mol. The number of benzene rings is 1. The third kappa shape index (κ3) is 5.98. The van der Waals surface area contributed by atoms with Gasteiger partial charge in [0.15, 0.2) is 0 Å². The number of rotatable bonds is 8. The first-order chi connectivity index (χ1) is 10.6. The number of nitrogens with one attached hydrogen (secondary N) is 1. The third-order valence-electron chi connectivity index (χ3n) is 3.94. The van der Waals surface area contributed by atoms with Gasteiger partial charge in [0.2, 0.25) is 5.91 Å². The fourth-order valence-corrected chi connectivity index (χ4v) is 2.51. The normalized spacial score (nSPS) is 13.0. The van der Waals surface area contributed by atoms with Gasteiger partial charge in [-0.15, -0.1) is 0 Å². The first-order valence-electron chi connectivity index (χ1n) is 7.81. The molecule has 6 nitrogen and oxygen atoms in total. The standard InChI is InChI=1S/C17H26N2O4/c1-12(2)16(21)17(3,4)11-18-15(20)9-8-13-6-5-7-14(10-13)19(22)23/h5-7,10,12,16,21H,8-9,11H2,1-4H3,(H,18,20). The molecule has 0 aromatic heterocycles. The minimum absolute atomic E-state index is 0.0316. The summed E-state index contributed by atoms with van der Waals surface area (Å²) in [5.41, 5.74) is 0.384. The first kappa shape index (κ1) is 19.1. The predicted molar refractivity (Wildman–Crippen MR) is 89.1 cm³/mol. The number of nitro groups is 1. The van der Waals surface area contributed by atoms with Crippen molar-refractivity contribution in [2.45, 2.75) is 46.6 Å². The van der Waals surface area contributed by atoms with E-state index in [2.05, 4.69) is 5.32 Å². The molecule has 0 bridgehead atoms. The molecule has 0 aliphatic carbocycles. The molecule has 128 valence electrons. The van der Waals surface area contributed by atoms with Crippen LogP contribution in [0, 0.1) is 21.4 Å². The maximum Gasteiger partial charge on any atom is 0.269 e. The van der Waals surface area contributed by atoms with Crippen LogP contribution in [0.2, 0.25) is 0 Å². The van der Waals surface area contributed by atoms with E-state index in [9.17, 15) is 20.0 Å². The second kappa shape index (κ2) is 8.06. The average Bonchev–Trinajstić information content (AvgIpc) is 2.50. The van der Waals surface area contributed by atoms with E-state index in [0.29, 0.717) is 13.0 Å². The minimum atomic E-state index is -0.500. The van der Waals surface area contributed by atoms with E-state index in [4.69, 9.17) is 0 Å². The first-order valence-corrected chi connectivity index (χ1v) is 7.81. The number of carbonyl (C=O) groups is 1. The zero-order valence-electron chi connectivity index (χ0n) is 14.2. The Morgan fingerprint density at radius 1 is 1.39 bits per heavy atom. The summed E-state index contributed by atoms with van der Waals surface area (Å²) in [6, 6.07) is 6.30. The van der Waals surface area contributed by atoms with E-state index < -0.39 is 16.4 Å². The largest absolute Gasteiger partial charge is 0.392 e. The number of nitrogens with zero attached hydrogens (tertiary/aromatic N) is 1. The summed E-state index contributed by atoms with van der Waals surface area (Å²) >= 11 is 0. The highest BCUT2D eigenvalue weighted by atomic mass is 16.6. The van der Waals surface area contributed by atoms with Gasteiger partial charge in [0.05, 0.1) is 11.0 Å². The zero-order chi connectivity index (χ0) is 17.6. The van der Waals surface area contributed by atoms with Crippen LogP contribution >= 0.6 is 0 Å². The molecule has 1 unspecified atom stereocenters. The highest BCUT2D eigenvalue weighted by molar-refractivity contribution is 5.76. The number of aliphatic hydroxyl groups excluding tert-OH is 1. The van der Waals surface area contributed by atoms with E-state index in [1.807, 2.05) is 27.7 Å². The maximum absolute atomic E-state index is 11.9. The molecule has 0 aliphatic rings. The van der Waals surface area contributed by atoms with Crippen molar-refractivity contribution in [1.82, 2.24) is 5.32 Å². The molecule has 23 heavy (non-hydrogen) atoms. The number of hydrogen-bond donors (Lipinski definition) is 2. The SMILES string of the molecule is CC(C)C(O)C(C)(C)CNC(=O)CCc1cccc([N+](=O)[O-])c1. The van der Waals surface area contributed by atoms with Crippen LogP contribution in [-0.4, -0.2) is 28.6 Å². The molecule has 0 fully saturated rings. The molecule has 0 spiro atoms. The molecule has 0 saturated heterocycles. The van der Waals surface area contributed by atoms with Gasteiger partial charge in [-0.3, -0.25) is 14.9 Å². The highest BCUT2D eigenvalue weighted by Gasteiger charge is 2.30. The molecule has 1 atom stereocenters. The van der Waals surface area contributed by atoms with Gasteiger partial charge in [-0.2, -0.15) is 0 Å². The van der Waals surface area contributed by atoms with Crippen LogP contribution in [0.4, 0.5) is 5.69 Å². The van der Waals surface area contributed by atoms with Crippen molar-refractivity contribution in [3.63, 3.8) is 0 Å². The van der Waals surface area contributed by atoms with Gasteiger partial charge < -0.3 is 10.4 Å². The molecule has 0 saturated carbocycles. The molecule has 1 aromatic carbocycles. The molecule has 0 radical (unpaired) electrons. The van der Waals surface area contributed by atoms with E-state index in [1.165, 1.54) is 12.1 Å². The van der Waals surface area contributed by atoms with Gasteiger partial charge in [0.25, 0.3) is 5.69 Å². The predicted octanol–water partition coefficient (Wildman–Crippen LogP) is 2.69. The lowest BCUT2D eigenvalue weighted by molar-refractivity contribution is -0.384. The smallest absolute Gasteiger partial charge is 0.269 e. The molecule has 6 heteroatoms. The van der Waals surface area contributed by atoms with Crippen molar-refractivity contribution < 1.29 is 14.8 Å². The number of aliphatic hydroxyl groups is 1. The zero-order valence-corrected chi connectivity index (χ0v) is 14.2. The Balaban J connectivity index is 2.49. The Morgan fingerprint density at radius 2 is 2.04 bits per heavy atom. The van der Waals surface area contributed by atoms with Crippen molar-refractivity contribution in [2.24, 2.45) is 11.3 Å². The maximum atomic E-state index is 11.9. The molecule has 1 amide bonds. The number of nitro benzene ring substituents is 1. The molecular formula is C17H26N2O4. The lowest BCUT2D eigenvalue weighted by Crippen LogP contribution is -2.43. The van der Waals surface area contributed by atoms with Crippen LogP contribution in [0.15, 0.2) is 24.3 Å². The molecule has 0 aliphatic heterocycles. The summed E-state index contributed by atoms with van der Waals surface area (Å²) < 4.78 is 0. The van der Waals surface area contributed by atoms with Crippen molar-refractivity contribution in [1.29, 1.82) is 0 Å². The third-order valence-corrected chi connectivity index (χ3v) is 3.94. The summed E-state index contributed by atoms with van der Waals surface area (Å²) in [6.07, 6.45) is 0.204. The molecule has 1 aromatic rings. The fourth-order valence-electron chi connectivity index (χ4n) is 2.51.